The average Bonchev–Trinajstić information content (AvgIpc) is 3.66. The first-order chi connectivity index (χ1) is 25.0. The minimum atomic E-state index is -0.870. The molecule has 2 heterocycles. The van der Waals surface area contributed by atoms with Gasteiger partial charge in [0.15, 0.2) is 5.82 Å². The molecule has 0 atom stereocenters. The molecule has 8 heteroatoms. The van der Waals surface area contributed by atoms with Gasteiger partial charge in [0.25, 0.3) is 0 Å². The van der Waals surface area contributed by atoms with Crippen molar-refractivity contribution in [3.63, 3.8) is 0 Å². The molecule has 0 spiro atoms. The van der Waals surface area contributed by atoms with Crippen LogP contribution >= 0.6 is 0 Å². The summed E-state index contributed by atoms with van der Waals surface area (Å²) in [6.45, 7) is 3.97. The summed E-state index contributed by atoms with van der Waals surface area (Å²) in [5.41, 5.74) is 8.87. The molecule has 51 heavy (non-hydrogen) atoms. The van der Waals surface area contributed by atoms with Crippen LogP contribution in [0.5, 0.6) is 0 Å². The summed E-state index contributed by atoms with van der Waals surface area (Å²) in [6.07, 6.45) is 1.73. The van der Waals surface area contributed by atoms with Gasteiger partial charge in [-0.15, -0.1) is 5.10 Å². The Morgan fingerprint density at radius 1 is 0.706 bits per heavy atom. The molecule has 8 nitrogen and oxygen atoms in total. The van der Waals surface area contributed by atoms with Crippen molar-refractivity contribution < 1.29 is 9.90 Å². The van der Waals surface area contributed by atoms with E-state index in [9.17, 15) is 9.90 Å². The summed E-state index contributed by atoms with van der Waals surface area (Å²) >= 11 is 0. The van der Waals surface area contributed by atoms with Gasteiger partial charge in [0.2, 0.25) is 0 Å². The van der Waals surface area contributed by atoms with Crippen LogP contribution in [0, 0.1) is 6.92 Å². The van der Waals surface area contributed by atoms with Crippen LogP contribution in [0.15, 0.2) is 140 Å². The van der Waals surface area contributed by atoms with Crippen LogP contribution in [0.25, 0.3) is 22.5 Å². The normalized spacial score (nSPS) is 11.4. The van der Waals surface area contributed by atoms with E-state index < -0.39 is 11.5 Å². The monoisotopic (exact) mass is 670 g/mol. The number of carbonyl (C=O) groups is 1. The maximum atomic E-state index is 11.4. The first-order valence-corrected chi connectivity index (χ1v) is 17.2. The third-order valence-electron chi connectivity index (χ3n) is 9.42. The van der Waals surface area contributed by atoms with Gasteiger partial charge < -0.3 is 5.11 Å². The number of carboxylic acid groups (broad SMARTS) is 1. The number of rotatable bonds is 12. The molecule has 0 aliphatic carbocycles. The standard InChI is InChI=1S/C43H38N6O2/c1-3-40-44-30(2)36(27-28-41(50)51)39(45-40)29-31-23-25-32(26-24-31)37-21-13-14-22-38(37)42-46-47-48-49(42)43(33-15-7-4-8-16-33,34-17-9-5-10-18-34)35-19-11-6-12-20-35/h4-26H,3,27-29H2,1-2H3,(H,50,51). The zero-order valence-electron chi connectivity index (χ0n) is 28.6. The summed E-state index contributed by atoms with van der Waals surface area (Å²) in [5, 5.41) is 23.1. The highest BCUT2D eigenvalue weighted by atomic mass is 16.4. The Bertz CT molecular complexity index is 2160. The Balaban J connectivity index is 1.32. The lowest BCUT2D eigenvalue weighted by atomic mass is 9.77. The summed E-state index contributed by atoms with van der Waals surface area (Å²) < 4.78 is 1.96. The van der Waals surface area contributed by atoms with Gasteiger partial charge in [-0.2, -0.15) is 0 Å². The van der Waals surface area contributed by atoms with Crippen LogP contribution in [-0.4, -0.2) is 41.3 Å². The molecule has 5 aromatic carbocycles. The van der Waals surface area contributed by atoms with Crippen molar-refractivity contribution in [1.29, 1.82) is 0 Å². The Kier molecular flexibility index (Phi) is 9.57. The Morgan fingerprint density at radius 3 is 1.80 bits per heavy atom. The second kappa shape index (κ2) is 14.7. The molecule has 0 aliphatic heterocycles. The zero-order valence-corrected chi connectivity index (χ0v) is 28.6. The Hall–Kier alpha value is -6.28. The predicted molar refractivity (Wildman–Crippen MR) is 198 cm³/mol. The first-order valence-electron chi connectivity index (χ1n) is 17.2. The minimum Gasteiger partial charge on any atom is -0.481 e. The predicted octanol–water partition coefficient (Wildman–Crippen LogP) is 8.12. The first kappa shape index (κ1) is 33.2. The molecule has 0 amide bonds. The van der Waals surface area contributed by atoms with E-state index in [0.717, 1.165) is 61.7 Å². The van der Waals surface area contributed by atoms with Crippen molar-refractivity contribution in [3.05, 3.63) is 185 Å². The molecule has 7 aromatic rings. The van der Waals surface area contributed by atoms with Crippen molar-refractivity contribution in [2.45, 2.75) is 45.1 Å². The van der Waals surface area contributed by atoms with Crippen LogP contribution in [0.3, 0.4) is 0 Å². The molecule has 0 saturated carbocycles. The van der Waals surface area contributed by atoms with E-state index in [0.29, 0.717) is 25.1 Å². The van der Waals surface area contributed by atoms with E-state index in [1.807, 2.05) is 48.9 Å². The second-order valence-electron chi connectivity index (χ2n) is 12.5. The smallest absolute Gasteiger partial charge is 0.303 e. The third-order valence-corrected chi connectivity index (χ3v) is 9.42. The average molecular weight is 671 g/mol. The maximum Gasteiger partial charge on any atom is 0.303 e. The van der Waals surface area contributed by atoms with Crippen molar-refractivity contribution in [2.75, 3.05) is 0 Å². The lowest BCUT2D eigenvalue weighted by Crippen LogP contribution is -2.39. The summed E-state index contributed by atoms with van der Waals surface area (Å²) in [5.74, 6) is 0.572. The van der Waals surface area contributed by atoms with Gasteiger partial charge in [0.05, 0.1) is 5.69 Å². The number of tetrazole rings is 1. The molecule has 0 radical (unpaired) electrons. The number of benzene rings is 5. The topological polar surface area (TPSA) is 107 Å². The van der Waals surface area contributed by atoms with E-state index in [1.54, 1.807) is 0 Å². The molecular weight excluding hydrogens is 633 g/mol. The zero-order chi connectivity index (χ0) is 35.2. The minimum absolute atomic E-state index is 0.0397. The van der Waals surface area contributed by atoms with Crippen molar-refractivity contribution in [3.8, 4) is 22.5 Å². The largest absolute Gasteiger partial charge is 0.481 e. The van der Waals surface area contributed by atoms with Crippen molar-refractivity contribution >= 4 is 5.97 Å². The van der Waals surface area contributed by atoms with E-state index in [4.69, 9.17) is 15.3 Å². The molecule has 0 aliphatic rings. The van der Waals surface area contributed by atoms with Gasteiger partial charge in [-0.25, -0.2) is 14.6 Å². The van der Waals surface area contributed by atoms with E-state index in [-0.39, 0.29) is 6.42 Å². The molecule has 0 unspecified atom stereocenters. The number of aryl methyl sites for hydroxylation is 2. The van der Waals surface area contributed by atoms with Gasteiger partial charge in [0.1, 0.15) is 11.4 Å². The Morgan fingerprint density at radius 2 is 1.25 bits per heavy atom. The number of hydrogen-bond acceptors (Lipinski definition) is 6. The molecule has 0 fully saturated rings. The van der Waals surface area contributed by atoms with Crippen LogP contribution in [0.1, 0.15) is 58.4 Å². The number of carboxylic acids is 1. The fraction of sp³-hybridized carbons (Fsp3) is 0.163. The number of nitrogens with zero attached hydrogens (tertiary/aromatic N) is 6. The molecule has 0 bridgehead atoms. The number of hydrogen-bond donors (Lipinski definition) is 1. The molecule has 2 aromatic heterocycles. The quantitative estimate of drug-likeness (QED) is 0.131. The molecule has 0 saturated heterocycles. The van der Waals surface area contributed by atoms with Crippen molar-refractivity contribution in [1.82, 2.24) is 30.2 Å². The van der Waals surface area contributed by atoms with Crippen LogP contribution < -0.4 is 0 Å². The van der Waals surface area contributed by atoms with Gasteiger partial charge >= 0.3 is 5.97 Å². The lowest BCUT2D eigenvalue weighted by molar-refractivity contribution is -0.136. The summed E-state index contributed by atoms with van der Waals surface area (Å²) in [7, 11) is 0. The Labute approximate surface area is 297 Å². The van der Waals surface area contributed by atoms with Gasteiger partial charge in [0, 0.05) is 30.5 Å². The SMILES string of the molecule is CCc1nc(C)c(CCC(=O)O)c(Cc2ccc(-c3ccccc3-c3nnnn3C(c3ccccc3)(c3ccccc3)c3ccccc3)cc2)n1. The van der Waals surface area contributed by atoms with Crippen LogP contribution in [0.4, 0.5) is 0 Å². The molecule has 252 valence electrons. The molecule has 1 N–H and O–H groups in total. The van der Waals surface area contributed by atoms with Crippen molar-refractivity contribution in [2.24, 2.45) is 0 Å². The van der Waals surface area contributed by atoms with Crippen LogP contribution in [0.2, 0.25) is 0 Å². The number of aliphatic carboxylic acids is 1. The fourth-order valence-corrected chi connectivity index (χ4v) is 6.99. The third kappa shape index (κ3) is 6.56. The summed E-state index contributed by atoms with van der Waals surface area (Å²) in [4.78, 5) is 20.9. The fourth-order valence-electron chi connectivity index (χ4n) is 6.99. The number of aromatic nitrogens is 6. The molecule has 7 rings (SSSR count). The second-order valence-corrected chi connectivity index (χ2v) is 12.5. The molecular formula is C43H38N6O2. The lowest BCUT2D eigenvalue weighted by Gasteiger charge is -2.36. The summed E-state index contributed by atoms with van der Waals surface area (Å²) in [6, 6.07) is 47.8. The maximum absolute atomic E-state index is 11.4. The van der Waals surface area contributed by atoms with E-state index in [2.05, 4.69) is 119 Å². The highest BCUT2D eigenvalue weighted by Gasteiger charge is 2.42. The van der Waals surface area contributed by atoms with Gasteiger partial charge in [-0.05, 0) is 62.7 Å². The van der Waals surface area contributed by atoms with Gasteiger partial charge in [-0.1, -0.05) is 146 Å². The highest BCUT2D eigenvalue weighted by molar-refractivity contribution is 5.81. The van der Waals surface area contributed by atoms with Crippen LogP contribution in [-0.2, 0) is 29.6 Å². The van der Waals surface area contributed by atoms with Gasteiger partial charge in [-0.3, -0.25) is 4.79 Å². The highest BCUT2D eigenvalue weighted by Crippen LogP contribution is 2.43. The van der Waals surface area contributed by atoms with E-state index in [1.165, 1.54) is 0 Å². The van der Waals surface area contributed by atoms with E-state index >= 15 is 0 Å².